The van der Waals surface area contributed by atoms with Gasteiger partial charge in [-0.25, -0.2) is 0 Å². The predicted molar refractivity (Wildman–Crippen MR) is 93.9 cm³/mol. The molecule has 0 saturated heterocycles. The second-order valence-corrected chi connectivity index (χ2v) is 10.8. The summed E-state index contributed by atoms with van der Waals surface area (Å²) in [6, 6.07) is 5.97. The summed E-state index contributed by atoms with van der Waals surface area (Å²) in [5, 5.41) is 0.942. The molecule has 0 radical (unpaired) electrons. The number of rotatable bonds is 8. The lowest BCUT2D eigenvalue weighted by atomic mass is 10.2. The highest BCUT2D eigenvalue weighted by Gasteiger charge is 2.44. The SMILES string of the molecule is C=C[Si]1(C)OCc2cc([Si](OCC)(OCC)OCC)ccc2O1. The van der Waals surface area contributed by atoms with Crippen molar-refractivity contribution < 1.29 is 22.1 Å². The van der Waals surface area contributed by atoms with Gasteiger partial charge in [0.1, 0.15) is 5.75 Å². The summed E-state index contributed by atoms with van der Waals surface area (Å²) in [5.74, 6) is 0.849. The molecule has 0 bridgehead atoms. The van der Waals surface area contributed by atoms with E-state index in [-0.39, 0.29) is 0 Å². The first-order valence-corrected chi connectivity index (χ1v) is 12.2. The fraction of sp³-hybridized carbons (Fsp3) is 0.500. The Morgan fingerprint density at radius 1 is 1.17 bits per heavy atom. The summed E-state index contributed by atoms with van der Waals surface area (Å²) in [7, 11) is -5.18. The molecule has 7 heteroatoms. The van der Waals surface area contributed by atoms with Gasteiger partial charge in [0.15, 0.2) is 0 Å². The van der Waals surface area contributed by atoms with Crippen LogP contribution in [0.5, 0.6) is 5.75 Å². The van der Waals surface area contributed by atoms with E-state index in [1.54, 1.807) is 5.70 Å². The average molecular weight is 355 g/mol. The Balaban J connectivity index is 2.37. The van der Waals surface area contributed by atoms with Crippen molar-refractivity contribution in [3.05, 3.63) is 36.0 Å². The van der Waals surface area contributed by atoms with E-state index in [4.69, 9.17) is 22.1 Å². The molecule has 0 fully saturated rings. The largest absolute Gasteiger partial charge is 0.537 e. The van der Waals surface area contributed by atoms with Crippen LogP contribution < -0.4 is 9.61 Å². The molecule has 0 saturated carbocycles. The highest BCUT2D eigenvalue weighted by Crippen LogP contribution is 2.29. The standard InChI is InChI=1S/C16H26O5Si2/c1-6-17-23(18-7-2,19-8-3)15-10-11-16-14(12-15)13-20-22(5,9-4)21-16/h9-12H,4,6-8,13H2,1-3,5H3. The van der Waals surface area contributed by atoms with Gasteiger partial charge in [-0.1, -0.05) is 6.07 Å². The van der Waals surface area contributed by atoms with Gasteiger partial charge in [-0.15, -0.1) is 6.58 Å². The quantitative estimate of drug-likeness (QED) is 0.672. The van der Waals surface area contributed by atoms with Crippen molar-refractivity contribution >= 4 is 22.6 Å². The smallest absolute Gasteiger partial charge is 0.517 e. The van der Waals surface area contributed by atoms with Crippen molar-refractivity contribution in [3.63, 3.8) is 0 Å². The normalized spacial score (nSPS) is 20.7. The van der Waals surface area contributed by atoms with Crippen molar-refractivity contribution in [2.75, 3.05) is 19.8 Å². The lowest BCUT2D eigenvalue weighted by Crippen LogP contribution is -2.57. The van der Waals surface area contributed by atoms with Gasteiger partial charge < -0.3 is 22.1 Å². The van der Waals surface area contributed by atoms with E-state index in [2.05, 4.69) is 6.58 Å². The molecule has 0 aliphatic carbocycles. The molecular formula is C16H26O5Si2. The fourth-order valence-electron chi connectivity index (χ4n) is 2.50. The topological polar surface area (TPSA) is 46.2 Å². The zero-order valence-electron chi connectivity index (χ0n) is 14.4. The Kier molecular flexibility index (Phi) is 6.18. The Hall–Kier alpha value is -0.966. The molecule has 1 unspecified atom stereocenters. The molecule has 2 rings (SSSR count). The summed E-state index contributed by atoms with van der Waals surface area (Å²) >= 11 is 0. The van der Waals surface area contributed by atoms with Gasteiger partial charge in [0.05, 0.1) is 6.61 Å². The number of hydrogen-bond acceptors (Lipinski definition) is 5. The minimum Gasteiger partial charge on any atom is -0.517 e. The molecule has 0 amide bonds. The Bertz CT molecular complexity index is 534. The first-order valence-electron chi connectivity index (χ1n) is 8.04. The van der Waals surface area contributed by atoms with Crippen LogP contribution >= 0.6 is 0 Å². The van der Waals surface area contributed by atoms with Crippen LogP contribution in [0.3, 0.4) is 0 Å². The maximum Gasteiger partial charge on any atom is 0.537 e. The monoisotopic (exact) mass is 354 g/mol. The third-order valence-corrected chi connectivity index (χ3v) is 8.72. The van der Waals surface area contributed by atoms with Crippen LogP contribution in [0.1, 0.15) is 26.3 Å². The number of hydrogen-bond donors (Lipinski definition) is 0. The Morgan fingerprint density at radius 2 is 1.78 bits per heavy atom. The van der Waals surface area contributed by atoms with Gasteiger partial charge in [0, 0.05) is 30.6 Å². The van der Waals surface area contributed by atoms with Gasteiger partial charge in [0.2, 0.25) is 0 Å². The molecular weight excluding hydrogens is 328 g/mol. The van der Waals surface area contributed by atoms with Crippen LogP contribution in [0, 0.1) is 0 Å². The Morgan fingerprint density at radius 3 is 2.30 bits per heavy atom. The molecule has 0 aromatic heterocycles. The molecule has 1 aromatic carbocycles. The summed E-state index contributed by atoms with van der Waals surface area (Å²) in [6.45, 7) is 13.8. The lowest BCUT2D eigenvalue weighted by molar-refractivity contribution is 0.0858. The minimum absolute atomic E-state index is 0.507. The fourth-order valence-corrected chi connectivity index (χ4v) is 6.36. The van der Waals surface area contributed by atoms with E-state index in [9.17, 15) is 0 Å². The van der Waals surface area contributed by atoms with E-state index in [0.29, 0.717) is 26.4 Å². The van der Waals surface area contributed by atoms with E-state index in [1.165, 1.54) is 0 Å². The molecule has 128 valence electrons. The van der Waals surface area contributed by atoms with Crippen LogP contribution in [0.15, 0.2) is 30.5 Å². The Labute approximate surface area is 140 Å². The van der Waals surface area contributed by atoms with Crippen LogP contribution in [-0.4, -0.2) is 37.2 Å². The third kappa shape index (κ3) is 3.93. The first kappa shape index (κ1) is 18.4. The van der Waals surface area contributed by atoms with Crippen LogP contribution in [0.4, 0.5) is 0 Å². The number of fused-ring (bicyclic) bond motifs is 1. The maximum absolute atomic E-state index is 6.01. The summed E-state index contributed by atoms with van der Waals surface area (Å²) < 4.78 is 29.8. The van der Waals surface area contributed by atoms with Crippen molar-refractivity contribution in [2.24, 2.45) is 0 Å². The molecule has 0 spiro atoms. The second kappa shape index (κ2) is 7.74. The second-order valence-electron chi connectivity index (χ2n) is 5.29. The van der Waals surface area contributed by atoms with Gasteiger partial charge in [-0.2, -0.15) is 0 Å². The van der Waals surface area contributed by atoms with E-state index >= 15 is 0 Å². The van der Waals surface area contributed by atoms with Crippen LogP contribution in [-0.2, 0) is 24.3 Å². The highest BCUT2D eigenvalue weighted by molar-refractivity contribution is 6.75. The van der Waals surface area contributed by atoms with Gasteiger partial charge >= 0.3 is 17.4 Å². The van der Waals surface area contributed by atoms with Gasteiger partial charge in [0.25, 0.3) is 0 Å². The molecule has 5 nitrogen and oxygen atoms in total. The predicted octanol–water partition coefficient (Wildman–Crippen LogP) is 2.65. The molecule has 23 heavy (non-hydrogen) atoms. The van der Waals surface area contributed by atoms with E-state index in [0.717, 1.165) is 16.5 Å². The molecule has 1 aliphatic rings. The summed E-state index contributed by atoms with van der Waals surface area (Å²) in [4.78, 5) is 0. The molecule has 1 atom stereocenters. The zero-order valence-corrected chi connectivity index (χ0v) is 16.4. The zero-order chi connectivity index (χ0) is 16.9. The van der Waals surface area contributed by atoms with Crippen molar-refractivity contribution in [2.45, 2.75) is 33.9 Å². The van der Waals surface area contributed by atoms with Crippen LogP contribution in [0.25, 0.3) is 0 Å². The van der Waals surface area contributed by atoms with E-state index < -0.39 is 17.4 Å². The van der Waals surface area contributed by atoms with Crippen molar-refractivity contribution in [1.82, 2.24) is 0 Å². The summed E-state index contributed by atoms with van der Waals surface area (Å²) in [5.41, 5.74) is 2.79. The lowest BCUT2D eigenvalue weighted by Gasteiger charge is -2.33. The molecule has 1 aliphatic heterocycles. The van der Waals surface area contributed by atoms with Gasteiger partial charge in [-0.3, -0.25) is 0 Å². The molecule has 1 aromatic rings. The van der Waals surface area contributed by atoms with Crippen LogP contribution in [0.2, 0.25) is 6.55 Å². The molecule has 0 N–H and O–H groups in total. The van der Waals surface area contributed by atoms with Gasteiger partial charge in [-0.05, 0) is 45.2 Å². The third-order valence-electron chi connectivity index (χ3n) is 3.61. The van der Waals surface area contributed by atoms with Crippen molar-refractivity contribution in [1.29, 1.82) is 0 Å². The average Bonchev–Trinajstić information content (AvgIpc) is 2.55. The number of benzene rings is 1. The van der Waals surface area contributed by atoms with Crippen molar-refractivity contribution in [3.8, 4) is 5.75 Å². The maximum atomic E-state index is 6.01. The van der Waals surface area contributed by atoms with E-state index in [1.807, 2.05) is 45.5 Å². The minimum atomic E-state index is -2.89. The molecule has 1 heterocycles. The highest BCUT2D eigenvalue weighted by atomic mass is 28.4. The summed E-state index contributed by atoms with van der Waals surface area (Å²) in [6.07, 6.45) is 0. The first-order chi connectivity index (χ1) is 11.0.